The van der Waals surface area contributed by atoms with E-state index in [0.29, 0.717) is 18.4 Å². The lowest BCUT2D eigenvalue weighted by atomic mass is 10.1. The fourth-order valence-electron chi connectivity index (χ4n) is 2.00. The molecule has 84 valence electrons. The number of carbonyl (C=O) groups is 1. The molecular formula is C12H13NO3. The first-order valence-electron chi connectivity index (χ1n) is 5.50. The number of likely N-dealkylation sites (tertiary alicyclic amines) is 1. The number of amides is 1. The van der Waals surface area contributed by atoms with Crippen molar-refractivity contribution in [1.29, 1.82) is 0 Å². The van der Waals surface area contributed by atoms with E-state index < -0.39 is 0 Å². The van der Waals surface area contributed by atoms with Gasteiger partial charge in [0.05, 0.1) is 12.6 Å². The maximum absolute atomic E-state index is 11.8. The molecular weight excluding hydrogens is 206 g/mol. The van der Waals surface area contributed by atoms with E-state index >= 15 is 0 Å². The predicted octanol–water partition coefficient (Wildman–Crippen LogP) is 1.66. The molecule has 1 amide bonds. The van der Waals surface area contributed by atoms with Gasteiger partial charge in [-0.25, -0.2) is 4.79 Å². The molecule has 0 spiro atoms. The summed E-state index contributed by atoms with van der Waals surface area (Å²) in [4.78, 5) is 13.5. The third kappa shape index (κ3) is 1.88. The first-order valence-corrected chi connectivity index (χ1v) is 5.50. The van der Waals surface area contributed by atoms with Crippen molar-refractivity contribution >= 4 is 6.09 Å². The van der Waals surface area contributed by atoms with Crippen LogP contribution in [0, 0.1) is 0 Å². The van der Waals surface area contributed by atoms with E-state index in [1.165, 1.54) is 0 Å². The summed E-state index contributed by atoms with van der Waals surface area (Å²) in [6.07, 6.45) is 1.28. The number of rotatable bonds is 1. The Bertz CT molecular complexity index is 393. The van der Waals surface area contributed by atoms with Gasteiger partial charge in [0.1, 0.15) is 11.9 Å². The predicted molar refractivity (Wildman–Crippen MR) is 57.3 cm³/mol. The number of carbonyl (C=O) groups excluding carboxylic acids is 1. The van der Waals surface area contributed by atoms with Gasteiger partial charge in [0.2, 0.25) is 0 Å². The first-order chi connectivity index (χ1) is 7.83. The Hall–Kier alpha value is -1.55. The van der Waals surface area contributed by atoms with E-state index in [1.807, 2.05) is 18.2 Å². The summed E-state index contributed by atoms with van der Waals surface area (Å²) in [5.41, 5.74) is 0. The van der Waals surface area contributed by atoms with E-state index in [1.54, 1.807) is 17.0 Å². The Morgan fingerprint density at radius 3 is 2.88 bits per heavy atom. The van der Waals surface area contributed by atoms with Crippen molar-refractivity contribution < 1.29 is 14.3 Å². The van der Waals surface area contributed by atoms with Crippen molar-refractivity contribution in [3.8, 4) is 5.75 Å². The molecule has 0 aromatic heterocycles. The fourth-order valence-corrected chi connectivity index (χ4v) is 2.00. The van der Waals surface area contributed by atoms with Crippen LogP contribution < -0.4 is 4.74 Å². The number of benzene rings is 1. The van der Waals surface area contributed by atoms with Crippen LogP contribution in [0.2, 0.25) is 0 Å². The van der Waals surface area contributed by atoms with Crippen molar-refractivity contribution in [1.82, 2.24) is 4.90 Å². The molecule has 2 aliphatic heterocycles. The molecule has 0 radical (unpaired) electrons. The second-order valence-electron chi connectivity index (χ2n) is 4.13. The lowest BCUT2D eigenvalue weighted by molar-refractivity contribution is 0.146. The molecule has 0 N–H and O–H groups in total. The van der Waals surface area contributed by atoms with Crippen molar-refractivity contribution in [3.63, 3.8) is 0 Å². The Morgan fingerprint density at radius 1 is 1.31 bits per heavy atom. The zero-order valence-corrected chi connectivity index (χ0v) is 8.83. The van der Waals surface area contributed by atoms with Gasteiger partial charge in [0.15, 0.2) is 0 Å². The smallest absolute Gasteiger partial charge is 0.410 e. The minimum Gasteiger partial charge on any atom is -0.410 e. The van der Waals surface area contributed by atoms with E-state index in [2.05, 4.69) is 0 Å². The van der Waals surface area contributed by atoms with Crippen molar-refractivity contribution in [2.24, 2.45) is 0 Å². The van der Waals surface area contributed by atoms with E-state index in [-0.39, 0.29) is 12.2 Å². The topological polar surface area (TPSA) is 42.1 Å². The van der Waals surface area contributed by atoms with Gasteiger partial charge in [-0.2, -0.15) is 0 Å². The van der Waals surface area contributed by atoms with Crippen LogP contribution in [-0.4, -0.2) is 36.3 Å². The fraction of sp³-hybridized carbons (Fsp3) is 0.417. The van der Waals surface area contributed by atoms with Gasteiger partial charge in [-0.15, -0.1) is 0 Å². The Balaban J connectivity index is 1.60. The third-order valence-corrected chi connectivity index (χ3v) is 2.98. The van der Waals surface area contributed by atoms with Crippen LogP contribution in [0.3, 0.4) is 0 Å². The van der Waals surface area contributed by atoms with Gasteiger partial charge in [0.25, 0.3) is 0 Å². The van der Waals surface area contributed by atoms with Crippen molar-refractivity contribution in [2.45, 2.75) is 18.6 Å². The molecule has 2 atom stereocenters. The van der Waals surface area contributed by atoms with Gasteiger partial charge < -0.3 is 14.4 Å². The molecule has 2 fully saturated rings. The average molecular weight is 219 g/mol. The highest BCUT2D eigenvalue weighted by molar-refractivity contribution is 5.70. The monoisotopic (exact) mass is 219 g/mol. The van der Waals surface area contributed by atoms with Crippen molar-refractivity contribution in [3.05, 3.63) is 30.3 Å². The number of piperidine rings is 1. The van der Waals surface area contributed by atoms with Gasteiger partial charge >= 0.3 is 6.09 Å². The maximum Gasteiger partial charge on any atom is 0.415 e. The van der Waals surface area contributed by atoms with Gasteiger partial charge in [-0.3, -0.25) is 0 Å². The van der Waals surface area contributed by atoms with Crippen LogP contribution in [0.15, 0.2) is 30.3 Å². The van der Waals surface area contributed by atoms with E-state index in [9.17, 15) is 4.79 Å². The summed E-state index contributed by atoms with van der Waals surface area (Å²) in [5.74, 6) is 0.589. The zero-order chi connectivity index (χ0) is 11.0. The molecule has 4 heteroatoms. The minimum atomic E-state index is -0.278. The van der Waals surface area contributed by atoms with E-state index in [0.717, 1.165) is 13.0 Å². The van der Waals surface area contributed by atoms with E-state index in [4.69, 9.17) is 9.47 Å². The lowest BCUT2D eigenvalue weighted by Crippen LogP contribution is -2.40. The number of ether oxygens (including phenoxy) is 2. The molecule has 4 nitrogen and oxygen atoms in total. The second kappa shape index (κ2) is 3.79. The molecule has 0 saturated carbocycles. The molecule has 16 heavy (non-hydrogen) atoms. The van der Waals surface area contributed by atoms with Gasteiger partial charge in [-0.05, 0) is 18.6 Å². The molecule has 2 saturated heterocycles. The highest BCUT2D eigenvalue weighted by atomic mass is 16.6. The second-order valence-corrected chi connectivity index (χ2v) is 4.13. The van der Waals surface area contributed by atoms with Gasteiger partial charge in [-0.1, -0.05) is 18.2 Å². The molecule has 0 unspecified atom stereocenters. The number of hydrogen-bond acceptors (Lipinski definition) is 3. The van der Waals surface area contributed by atoms with Crippen LogP contribution in [0.25, 0.3) is 0 Å². The first kappa shape index (κ1) is 9.66. The number of para-hydroxylation sites is 1. The highest BCUT2D eigenvalue weighted by Gasteiger charge is 2.44. The largest absolute Gasteiger partial charge is 0.415 e. The SMILES string of the molecule is O=C(Oc1ccccc1)N1CC[C@H]2O[C@H]2C1. The quantitative estimate of drug-likeness (QED) is 0.674. The Kier molecular flexibility index (Phi) is 2.29. The Labute approximate surface area is 93.8 Å². The lowest BCUT2D eigenvalue weighted by Gasteiger charge is -2.23. The zero-order valence-electron chi connectivity index (χ0n) is 8.83. The molecule has 1 aromatic carbocycles. The summed E-state index contributed by atoms with van der Waals surface area (Å²) in [6.45, 7) is 1.39. The van der Waals surface area contributed by atoms with Gasteiger partial charge in [0, 0.05) is 6.54 Å². The maximum atomic E-state index is 11.8. The average Bonchev–Trinajstić information content (AvgIpc) is 3.08. The number of hydrogen-bond donors (Lipinski definition) is 0. The molecule has 0 aliphatic carbocycles. The third-order valence-electron chi connectivity index (χ3n) is 2.98. The molecule has 3 rings (SSSR count). The molecule has 1 aromatic rings. The summed E-state index contributed by atoms with van der Waals surface area (Å²) in [7, 11) is 0. The summed E-state index contributed by atoms with van der Waals surface area (Å²) >= 11 is 0. The van der Waals surface area contributed by atoms with Crippen LogP contribution in [0.5, 0.6) is 5.75 Å². The van der Waals surface area contributed by atoms with Crippen LogP contribution >= 0.6 is 0 Å². The summed E-state index contributed by atoms with van der Waals surface area (Å²) in [5, 5.41) is 0. The number of fused-ring (bicyclic) bond motifs is 1. The number of nitrogens with zero attached hydrogens (tertiary/aromatic N) is 1. The normalized spacial score (nSPS) is 27.1. The summed E-state index contributed by atoms with van der Waals surface area (Å²) < 4.78 is 10.6. The standard InChI is InChI=1S/C12H13NO3/c14-12(15-9-4-2-1-3-5-9)13-7-6-10-11(8-13)16-10/h1-5,10-11H,6-8H2/t10-,11+/m1/s1. The molecule has 0 bridgehead atoms. The highest BCUT2D eigenvalue weighted by Crippen LogP contribution is 2.30. The van der Waals surface area contributed by atoms with Crippen LogP contribution in [0.1, 0.15) is 6.42 Å². The van der Waals surface area contributed by atoms with Crippen LogP contribution in [0.4, 0.5) is 4.79 Å². The Morgan fingerprint density at radius 2 is 2.12 bits per heavy atom. The molecule has 2 heterocycles. The minimum absolute atomic E-state index is 0.247. The van der Waals surface area contributed by atoms with Crippen molar-refractivity contribution in [2.75, 3.05) is 13.1 Å². The van der Waals surface area contributed by atoms with Crippen LogP contribution in [-0.2, 0) is 4.74 Å². The molecule has 2 aliphatic rings. The summed E-state index contributed by atoms with van der Waals surface area (Å²) in [6, 6.07) is 9.13. The number of epoxide rings is 1.